The normalized spacial score (nSPS) is 13.6. The maximum absolute atomic E-state index is 12.2. The van der Waals surface area contributed by atoms with Crippen LogP contribution in [-0.4, -0.2) is 46.6 Å². The number of H-pyrrole nitrogens is 1. The predicted octanol–water partition coefficient (Wildman–Crippen LogP) is 1.46. The Morgan fingerprint density at radius 3 is 2.83 bits per heavy atom. The Bertz CT molecular complexity index is 1200. The van der Waals surface area contributed by atoms with Gasteiger partial charge in [-0.3, -0.25) is 9.89 Å². The van der Waals surface area contributed by atoms with Crippen LogP contribution in [-0.2, 0) is 0 Å². The second-order valence-corrected chi connectivity index (χ2v) is 6.84. The Balaban J connectivity index is 1.53. The van der Waals surface area contributed by atoms with E-state index < -0.39 is 0 Å². The molecule has 0 spiro atoms. The van der Waals surface area contributed by atoms with Gasteiger partial charge in [0, 0.05) is 12.1 Å². The number of nitrogens with zero attached hydrogens (tertiary/aromatic N) is 6. The van der Waals surface area contributed by atoms with Crippen LogP contribution in [0.5, 0.6) is 0 Å². The van der Waals surface area contributed by atoms with E-state index in [1.807, 2.05) is 24.3 Å². The summed E-state index contributed by atoms with van der Waals surface area (Å²) in [6.45, 7) is 1.74. The summed E-state index contributed by atoms with van der Waals surface area (Å²) in [5.41, 5.74) is 7.67. The predicted molar refractivity (Wildman–Crippen MR) is 106 cm³/mol. The van der Waals surface area contributed by atoms with E-state index in [0.717, 1.165) is 23.9 Å². The zero-order valence-corrected chi connectivity index (χ0v) is 15.5. The summed E-state index contributed by atoms with van der Waals surface area (Å²) >= 11 is 0. The molecule has 0 saturated heterocycles. The molecule has 0 atom stereocenters. The number of anilines is 3. The van der Waals surface area contributed by atoms with Gasteiger partial charge in [0.2, 0.25) is 17.8 Å². The molecule has 29 heavy (non-hydrogen) atoms. The summed E-state index contributed by atoms with van der Waals surface area (Å²) in [6.07, 6.45) is 2.03. The molecular weight excluding hydrogens is 372 g/mol. The van der Waals surface area contributed by atoms with Crippen LogP contribution < -0.4 is 16.4 Å². The van der Waals surface area contributed by atoms with Gasteiger partial charge in [-0.15, -0.1) is 0 Å². The van der Waals surface area contributed by atoms with Crippen molar-refractivity contribution in [3.63, 3.8) is 0 Å². The third kappa shape index (κ3) is 3.33. The molecule has 5 rings (SSSR count). The monoisotopic (exact) mass is 390 g/mol. The van der Waals surface area contributed by atoms with E-state index >= 15 is 0 Å². The quantitative estimate of drug-likeness (QED) is 0.399. The number of imidazole rings is 1. The average molecular weight is 390 g/mol. The fourth-order valence-corrected chi connectivity index (χ4v) is 3.01. The number of amides is 1. The van der Waals surface area contributed by atoms with E-state index in [-0.39, 0.29) is 17.9 Å². The smallest absolute Gasteiger partial charge is 0.272 e. The van der Waals surface area contributed by atoms with Crippen molar-refractivity contribution in [3.8, 4) is 5.95 Å². The zero-order valence-electron chi connectivity index (χ0n) is 15.5. The topological polar surface area (TPSA) is 152 Å². The second-order valence-electron chi connectivity index (χ2n) is 6.84. The summed E-state index contributed by atoms with van der Waals surface area (Å²) in [7, 11) is 0. The van der Waals surface area contributed by atoms with Gasteiger partial charge in [0.05, 0.1) is 11.0 Å². The lowest BCUT2D eigenvalue weighted by atomic mass is 10.3. The number of para-hydroxylation sites is 2. The molecule has 0 radical (unpaired) electrons. The molecule has 5 N–H and O–H groups in total. The van der Waals surface area contributed by atoms with Crippen molar-refractivity contribution < 1.29 is 4.79 Å². The van der Waals surface area contributed by atoms with E-state index in [1.165, 1.54) is 0 Å². The highest BCUT2D eigenvalue weighted by atomic mass is 16.2. The van der Waals surface area contributed by atoms with Crippen LogP contribution >= 0.6 is 0 Å². The molecule has 1 aliphatic rings. The van der Waals surface area contributed by atoms with Gasteiger partial charge in [0.1, 0.15) is 11.6 Å². The van der Waals surface area contributed by atoms with Crippen LogP contribution in [0.3, 0.4) is 0 Å². The summed E-state index contributed by atoms with van der Waals surface area (Å²) in [5, 5.41) is 13.0. The fraction of sp³-hybridized carbons (Fsp3) is 0.222. The molecule has 0 aliphatic heterocycles. The minimum atomic E-state index is -0.203. The molecule has 1 aromatic carbocycles. The molecule has 1 amide bonds. The first-order valence-electron chi connectivity index (χ1n) is 9.16. The summed E-state index contributed by atoms with van der Waals surface area (Å²) in [6, 6.07) is 9.48. The number of benzene rings is 1. The first kappa shape index (κ1) is 17.1. The van der Waals surface area contributed by atoms with Crippen molar-refractivity contribution in [2.45, 2.75) is 25.8 Å². The molecule has 1 saturated carbocycles. The van der Waals surface area contributed by atoms with Gasteiger partial charge in [0.25, 0.3) is 5.91 Å². The Labute approximate surface area is 164 Å². The number of hydrogen-bond acceptors (Lipinski definition) is 8. The Hall–Kier alpha value is -4.02. The first-order valence-corrected chi connectivity index (χ1v) is 9.16. The van der Waals surface area contributed by atoms with E-state index in [2.05, 4.69) is 40.8 Å². The van der Waals surface area contributed by atoms with Crippen molar-refractivity contribution in [2.75, 3.05) is 11.1 Å². The Kier molecular flexibility index (Phi) is 3.86. The lowest BCUT2D eigenvalue weighted by molar-refractivity contribution is 0.0946. The van der Waals surface area contributed by atoms with Gasteiger partial charge in [-0.25, -0.2) is 9.55 Å². The fourth-order valence-electron chi connectivity index (χ4n) is 3.01. The average Bonchev–Trinajstić information content (AvgIpc) is 3.24. The van der Waals surface area contributed by atoms with Gasteiger partial charge in [0.15, 0.2) is 5.69 Å². The van der Waals surface area contributed by atoms with Crippen molar-refractivity contribution in [1.82, 2.24) is 40.0 Å². The van der Waals surface area contributed by atoms with Crippen LogP contribution in [0.1, 0.15) is 29.2 Å². The molecule has 3 aromatic heterocycles. The van der Waals surface area contributed by atoms with E-state index in [0.29, 0.717) is 29.2 Å². The lowest BCUT2D eigenvalue weighted by Gasteiger charge is -2.09. The van der Waals surface area contributed by atoms with Crippen LogP contribution in [0.15, 0.2) is 30.3 Å². The van der Waals surface area contributed by atoms with Gasteiger partial charge in [-0.2, -0.15) is 20.1 Å². The highest BCUT2D eigenvalue weighted by Gasteiger charge is 2.25. The van der Waals surface area contributed by atoms with E-state index in [1.54, 1.807) is 17.6 Å². The maximum atomic E-state index is 12.2. The molecule has 146 valence electrons. The third-order valence-electron chi connectivity index (χ3n) is 4.48. The number of carbonyl (C=O) groups is 1. The summed E-state index contributed by atoms with van der Waals surface area (Å²) < 4.78 is 1.74. The summed E-state index contributed by atoms with van der Waals surface area (Å²) in [5.74, 6) is 1.73. The number of aromatic nitrogens is 7. The number of aryl methyl sites for hydroxylation is 1. The highest BCUT2D eigenvalue weighted by molar-refractivity contribution is 5.93. The van der Waals surface area contributed by atoms with Crippen LogP contribution in [0.2, 0.25) is 0 Å². The number of rotatable bonds is 5. The third-order valence-corrected chi connectivity index (χ3v) is 4.48. The van der Waals surface area contributed by atoms with Gasteiger partial charge >= 0.3 is 0 Å². The molecular formula is C18H18N10O. The molecule has 3 heterocycles. The van der Waals surface area contributed by atoms with Crippen molar-refractivity contribution in [1.29, 1.82) is 0 Å². The molecule has 11 heteroatoms. The number of nitrogens with two attached hydrogens (primary N) is 1. The number of nitrogen functional groups attached to an aromatic ring is 1. The molecule has 1 aliphatic carbocycles. The highest BCUT2D eigenvalue weighted by Crippen LogP contribution is 2.25. The Morgan fingerprint density at radius 1 is 1.21 bits per heavy atom. The molecule has 0 unspecified atom stereocenters. The lowest BCUT2D eigenvalue weighted by Crippen LogP contribution is -2.25. The summed E-state index contributed by atoms with van der Waals surface area (Å²) in [4.78, 5) is 29.5. The number of aromatic amines is 1. The van der Waals surface area contributed by atoms with Gasteiger partial charge < -0.3 is 16.4 Å². The van der Waals surface area contributed by atoms with Crippen molar-refractivity contribution in [2.24, 2.45) is 0 Å². The standard InChI is InChI=1S/C18H18N10O/c1-9-20-16(19)25-17(21-9)28-13-5-3-2-4-11(13)23-18(28)24-14-8-12(26-27-14)15(29)22-10-6-7-10/h2-5,8,10H,6-7H2,1H3,(H,22,29)(H2,19,20,21,25)(H2,23,24,26,27). The van der Waals surface area contributed by atoms with Crippen molar-refractivity contribution in [3.05, 3.63) is 41.9 Å². The van der Waals surface area contributed by atoms with Gasteiger partial charge in [-0.1, -0.05) is 12.1 Å². The van der Waals surface area contributed by atoms with E-state index in [4.69, 9.17) is 5.73 Å². The largest absolute Gasteiger partial charge is 0.368 e. The first-order chi connectivity index (χ1) is 14.1. The minimum Gasteiger partial charge on any atom is -0.368 e. The Morgan fingerprint density at radius 2 is 2.03 bits per heavy atom. The second kappa shape index (κ2) is 6.55. The number of fused-ring (bicyclic) bond motifs is 1. The van der Waals surface area contributed by atoms with Crippen LogP contribution in [0.25, 0.3) is 17.0 Å². The van der Waals surface area contributed by atoms with Crippen LogP contribution in [0, 0.1) is 6.92 Å². The molecule has 4 aromatic rings. The SMILES string of the molecule is Cc1nc(N)nc(-n2c(Nc3cc(C(=O)NC4CC4)n[nH]3)nc3ccccc32)n1. The zero-order chi connectivity index (χ0) is 20.0. The molecule has 11 nitrogen and oxygen atoms in total. The number of nitrogens with one attached hydrogen (secondary N) is 3. The van der Waals surface area contributed by atoms with E-state index in [9.17, 15) is 4.79 Å². The number of hydrogen-bond donors (Lipinski definition) is 4. The number of carbonyl (C=O) groups excluding carboxylic acids is 1. The van der Waals surface area contributed by atoms with Gasteiger partial charge in [-0.05, 0) is 31.9 Å². The molecule has 1 fully saturated rings. The molecule has 0 bridgehead atoms. The van der Waals surface area contributed by atoms with Crippen molar-refractivity contribution >= 4 is 34.7 Å². The minimum absolute atomic E-state index is 0.122. The maximum Gasteiger partial charge on any atom is 0.272 e. The van der Waals surface area contributed by atoms with Crippen LogP contribution in [0.4, 0.5) is 17.7 Å².